The molecule has 0 unspecified atom stereocenters. The second-order valence-corrected chi connectivity index (χ2v) is 7.19. The monoisotopic (exact) mass is 412 g/mol. The molecular formula is C26H24N2O3. The zero-order chi connectivity index (χ0) is 21.6. The normalized spacial score (nSPS) is 10.6. The van der Waals surface area contributed by atoms with Crippen LogP contribution in [-0.4, -0.2) is 43.1 Å². The number of aromatic nitrogens is 1. The number of carbonyl (C=O) groups is 1. The van der Waals surface area contributed by atoms with E-state index in [4.69, 9.17) is 14.5 Å². The number of para-hydroxylation sites is 2. The molecule has 156 valence electrons. The Balaban J connectivity index is 1.59. The third-order valence-corrected chi connectivity index (χ3v) is 5.12. The Morgan fingerprint density at radius 3 is 2.35 bits per heavy atom. The van der Waals surface area contributed by atoms with Crippen LogP contribution in [0.15, 0.2) is 84.9 Å². The van der Waals surface area contributed by atoms with Crippen LogP contribution in [0.2, 0.25) is 0 Å². The van der Waals surface area contributed by atoms with Crippen LogP contribution in [0.3, 0.4) is 0 Å². The summed E-state index contributed by atoms with van der Waals surface area (Å²) in [4.78, 5) is 19.8. The summed E-state index contributed by atoms with van der Waals surface area (Å²) in [5.41, 5.74) is 3.08. The molecule has 4 rings (SSSR count). The second kappa shape index (κ2) is 9.30. The van der Waals surface area contributed by atoms with Gasteiger partial charge in [0.1, 0.15) is 18.1 Å². The number of hydrogen-bond acceptors (Lipinski definition) is 4. The van der Waals surface area contributed by atoms with Crippen molar-refractivity contribution in [3.8, 4) is 22.8 Å². The van der Waals surface area contributed by atoms with Crippen molar-refractivity contribution in [3.63, 3.8) is 0 Å². The highest BCUT2D eigenvalue weighted by Gasteiger charge is 2.17. The Morgan fingerprint density at radius 1 is 0.903 bits per heavy atom. The molecule has 0 N–H and O–H groups in total. The number of fused-ring (bicyclic) bond motifs is 1. The van der Waals surface area contributed by atoms with Crippen LogP contribution in [0.4, 0.5) is 0 Å². The van der Waals surface area contributed by atoms with Gasteiger partial charge in [-0.3, -0.25) is 4.79 Å². The highest BCUT2D eigenvalue weighted by atomic mass is 16.5. The highest BCUT2D eigenvalue weighted by Crippen LogP contribution is 2.27. The molecule has 1 amide bonds. The molecule has 5 heteroatoms. The van der Waals surface area contributed by atoms with E-state index in [1.165, 1.54) is 0 Å². The summed E-state index contributed by atoms with van der Waals surface area (Å²) in [6.07, 6.45) is 0. The van der Waals surface area contributed by atoms with Crippen LogP contribution in [0, 0.1) is 0 Å². The van der Waals surface area contributed by atoms with E-state index in [1.807, 2.05) is 84.9 Å². The molecule has 0 aliphatic carbocycles. The first kappa shape index (κ1) is 20.4. The molecule has 0 fully saturated rings. The van der Waals surface area contributed by atoms with Crippen molar-refractivity contribution in [1.29, 1.82) is 0 Å². The number of rotatable bonds is 7. The van der Waals surface area contributed by atoms with Gasteiger partial charge < -0.3 is 14.4 Å². The number of methoxy groups -OCH3 is 1. The minimum absolute atomic E-state index is 0.0648. The molecule has 0 saturated heterocycles. The van der Waals surface area contributed by atoms with Crippen LogP contribution in [-0.2, 0) is 0 Å². The summed E-state index contributed by atoms with van der Waals surface area (Å²) in [7, 11) is 3.43. The third kappa shape index (κ3) is 4.67. The van der Waals surface area contributed by atoms with Crippen molar-refractivity contribution in [2.45, 2.75) is 0 Å². The molecule has 1 heterocycles. The van der Waals surface area contributed by atoms with Crippen molar-refractivity contribution in [2.24, 2.45) is 0 Å². The van der Waals surface area contributed by atoms with Gasteiger partial charge in [0.25, 0.3) is 5.91 Å². The Bertz CT molecular complexity index is 1170. The summed E-state index contributed by atoms with van der Waals surface area (Å²) in [6.45, 7) is 0.892. The number of carbonyl (C=O) groups excluding carboxylic acids is 1. The van der Waals surface area contributed by atoms with E-state index in [-0.39, 0.29) is 5.91 Å². The average Bonchev–Trinajstić information content (AvgIpc) is 2.83. The topological polar surface area (TPSA) is 51.7 Å². The summed E-state index contributed by atoms with van der Waals surface area (Å²) >= 11 is 0. The average molecular weight is 412 g/mol. The van der Waals surface area contributed by atoms with Gasteiger partial charge in [-0.15, -0.1) is 0 Å². The second-order valence-electron chi connectivity index (χ2n) is 7.19. The van der Waals surface area contributed by atoms with Gasteiger partial charge in [0, 0.05) is 18.0 Å². The first-order valence-electron chi connectivity index (χ1n) is 10.1. The molecule has 0 spiro atoms. The van der Waals surface area contributed by atoms with Gasteiger partial charge in [0.05, 0.1) is 30.4 Å². The number of hydrogen-bond donors (Lipinski definition) is 0. The fraction of sp³-hybridized carbons (Fsp3) is 0.154. The van der Waals surface area contributed by atoms with E-state index in [0.717, 1.165) is 33.7 Å². The van der Waals surface area contributed by atoms with E-state index in [0.29, 0.717) is 18.7 Å². The van der Waals surface area contributed by atoms with E-state index in [9.17, 15) is 4.79 Å². The van der Waals surface area contributed by atoms with Crippen LogP contribution in [0.5, 0.6) is 11.5 Å². The van der Waals surface area contributed by atoms with Gasteiger partial charge in [0.2, 0.25) is 0 Å². The molecular weight excluding hydrogens is 388 g/mol. The molecule has 0 radical (unpaired) electrons. The van der Waals surface area contributed by atoms with E-state index in [1.54, 1.807) is 19.1 Å². The smallest absolute Gasteiger partial charge is 0.254 e. The summed E-state index contributed by atoms with van der Waals surface area (Å²) in [6, 6.07) is 26.8. The lowest BCUT2D eigenvalue weighted by atomic mass is 10.0. The first-order valence-corrected chi connectivity index (χ1v) is 10.1. The van der Waals surface area contributed by atoms with Crippen molar-refractivity contribution in [3.05, 3.63) is 90.5 Å². The number of nitrogens with zero attached hydrogens (tertiary/aromatic N) is 2. The van der Waals surface area contributed by atoms with Crippen LogP contribution in [0.25, 0.3) is 22.2 Å². The summed E-state index contributed by atoms with van der Waals surface area (Å²) in [5.74, 6) is 1.50. The Morgan fingerprint density at radius 2 is 1.61 bits per heavy atom. The highest BCUT2D eigenvalue weighted by molar-refractivity contribution is 6.07. The van der Waals surface area contributed by atoms with Crippen molar-refractivity contribution in [1.82, 2.24) is 9.88 Å². The van der Waals surface area contributed by atoms with E-state index < -0.39 is 0 Å². The number of amides is 1. The quantitative estimate of drug-likeness (QED) is 0.426. The van der Waals surface area contributed by atoms with Crippen molar-refractivity contribution >= 4 is 16.8 Å². The van der Waals surface area contributed by atoms with Crippen LogP contribution >= 0.6 is 0 Å². The predicted molar refractivity (Wildman–Crippen MR) is 123 cm³/mol. The standard InChI is InChI=1S/C26H24N2O3/c1-28(16-17-31-21-8-4-3-5-9-21)26(29)23-18-25(19-12-14-20(30-2)15-13-19)27-24-11-7-6-10-22(23)24/h3-15,18H,16-17H2,1-2H3. The van der Waals surface area contributed by atoms with Gasteiger partial charge in [-0.25, -0.2) is 4.98 Å². The summed E-state index contributed by atoms with van der Waals surface area (Å²) < 4.78 is 11.0. The third-order valence-electron chi connectivity index (χ3n) is 5.12. The maximum Gasteiger partial charge on any atom is 0.254 e. The molecule has 1 aromatic heterocycles. The van der Waals surface area contributed by atoms with Gasteiger partial charge in [-0.05, 0) is 48.5 Å². The molecule has 0 aliphatic rings. The fourth-order valence-electron chi connectivity index (χ4n) is 3.39. The molecule has 5 nitrogen and oxygen atoms in total. The number of pyridine rings is 1. The Kier molecular flexibility index (Phi) is 6.13. The first-order chi connectivity index (χ1) is 15.2. The molecule has 4 aromatic rings. The lowest BCUT2D eigenvalue weighted by molar-refractivity contribution is 0.0775. The van der Waals surface area contributed by atoms with Gasteiger partial charge in [0.15, 0.2) is 0 Å². The SMILES string of the molecule is COc1ccc(-c2cc(C(=O)N(C)CCOc3ccccc3)c3ccccc3n2)cc1. The van der Waals surface area contributed by atoms with E-state index in [2.05, 4.69) is 0 Å². The molecule has 31 heavy (non-hydrogen) atoms. The Labute approximate surface area is 181 Å². The molecule has 0 bridgehead atoms. The zero-order valence-corrected chi connectivity index (χ0v) is 17.6. The Hall–Kier alpha value is -3.86. The zero-order valence-electron chi connectivity index (χ0n) is 17.6. The lowest BCUT2D eigenvalue weighted by Crippen LogP contribution is -2.31. The fourth-order valence-corrected chi connectivity index (χ4v) is 3.39. The molecule has 3 aromatic carbocycles. The van der Waals surface area contributed by atoms with E-state index >= 15 is 0 Å². The van der Waals surface area contributed by atoms with Crippen LogP contribution in [0.1, 0.15) is 10.4 Å². The van der Waals surface area contributed by atoms with Crippen molar-refractivity contribution in [2.75, 3.05) is 27.3 Å². The molecule has 0 saturated carbocycles. The molecule has 0 aliphatic heterocycles. The summed E-state index contributed by atoms with van der Waals surface area (Å²) in [5, 5.41) is 0.834. The minimum atomic E-state index is -0.0648. The van der Waals surface area contributed by atoms with Gasteiger partial charge in [-0.1, -0.05) is 36.4 Å². The van der Waals surface area contributed by atoms with Crippen LogP contribution < -0.4 is 9.47 Å². The lowest BCUT2D eigenvalue weighted by Gasteiger charge is -2.19. The maximum absolute atomic E-state index is 13.3. The van der Waals surface area contributed by atoms with Crippen molar-refractivity contribution < 1.29 is 14.3 Å². The molecule has 0 atom stereocenters. The predicted octanol–water partition coefficient (Wildman–Crippen LogP) is 5.06. The van der Waals surface area contributed by atoms with Gasteiger partial charge >= 0.3 is 0 Å². The number of likely N-dealkylation sites (N-methyl/N-ethyl adjacent to an activating group) is 1. The number of ether oxygens (including phenoxy) is 2. The van der Waals surface area contributed by atoms with Gasteiger partial charge in [-0.2, -0.15) is 0 Å². The minimum Gasteiger partial charge on any atom is -0.497 e. The number of benzene rings is 3. The largest absolute Gasteiger partial charge is 0.497 e. The maximum atomic E-state index is 13.3.